The van der Waals surface area contributed by atoms with Gasteiger partial charge in [-0.3, -0.25) is 4.90 Å². The van der Waals surface area contributed by atoms with Crippen molar-refractivity contribution in [1.82, 2.24) is 15.1 Å². The lowest BCUT2D eigenvalue weighted by atomic mass is 9.91. The Morgan fingerprint density at radius 1 is 1.19 bits per heavy atom. The molecule has 3 heteroatoms. The summed E-state index contributed by atoms with van der Waals surface area (Å²) in [5, 5.41) is 3.63. The molecule has 0 aromatic carbocycles. The van der Waals surface area contributed by atoms with Crippen molar-refractivity contribution in [1.29, 1.82) is 0 Å². The van der Waals surface area contributed by atoms with Crippen molar-refractivity contribution in [2.24, 2.45) is 0 Å². The molecular weight excluding hydrogens is 198 g/mol. The van der Waals surface area contributed by atoms with E-state index in [2.05, 4.69) is 56.9 Å². The Hall–Kier alpha value is -0.120. The molecule has 0 saturated carbocycles. The number of hydrogen-bond donors (Lipinski definition) is 1. The topological polar surface area (TPSA) is 18.5 Å². The van der Waals surface area contributed by atoms with Crippen LogP contribution in [0.15, 0.2) is 0 Å². The summed E-state index contributed by atoms with van der Waals surface area (Å²) >= 11 is 0. The fraction of sp³-hybridized carbons (Fsp3) is 1.00. The summed E-state index contributed by atoms with van der Waals surface area (Å²) in [4.78, 5) is 4.90. The highest BCUT2D eigenvalue weighted by molar-refractivity contribution is 4.97. The van der Waals surface area contributed by atoms with Gasteiger partial charge in [-0.15, -0.1) is 0 Å². The van der Waals surface area contributed by atoms with Gasteiger partial charge in [-0.25, -0.2) is 0 Å². The SMILES string of the molecule is CN(C)CCCN1CC(C)(C)NCC1(C)C. The average Bonchev–Trinajstić information content (AvgIpc) is 2.11. The highest BCUT2D eigenvalue weighted by Gasteiger charge is 2.36. The van der Waals surface area contributed by atoms with E-state index >= 15 is 0 Å². The minimum absolute atomic E-state index is 0.258. The van der Waals surface area contributed by atoms with Gasteiger partial charge in [-0.05, 0) is 54.8 Å². The first-order valence-electron chi connectivity index (χ1n) is 6.38. The zero-order valence-electron chi connectivity index (χ0n) is 11.9. The molecule has 1 heterocycles. The second-order valence-corrected chi connectivity index (χ2v) is 6.63. The molecule has 0 bridgehead atoms. The fourth-order valence-electron chi connectivity index (χ4n) is 2.27. The first kappa shape index (κ1) is 13.9. The molecule has 96 valence electrons. The standard InChI is InChI=1S/C13H29N3/c1-12(2)11-16(9-7-8-15(5)6)13(3,4)10-14-12/h14H,7-11H2,1-6H3. The van der Waals surface area contributed by atoms with Crippen LogP contribution in [-0.4, -0.2) is 61.2 Å². The molecule has 0 radical (unpaired) electrons. The Balaban J connectivity index is 2.47. The van der Waals surface area contributed by atoms with Crippen LogP contribution < -0.4 is 5.32 Å². The number of nitrogens with zero attached hydrogens (tertiary/aromatic N) is 2. The normalized spacial score (nSPS) is 24.9. The molecule has 16 heavy (non-hydrogen) atoms. The van der Waals surface area contributed by atoms with Crippen molar-refractivity contribution in [2.75, 3.05) is 40.3 Å². The van der Waals surface area contributed by atoms with E-state index in [4.69, 9.17) is 0 Å². The molecule has 0 unspecified atom stereocenters. The van der Waals surface area contributed by atoms with E-state index in [0.717, 1.165) is 13.1 Å². The number of hydrogen-bond acceptors (Lipinski definition) is 3. The van der Waals surface area contributed by atoms with E-state index in [1.807, 2.05) is 0 Å². The molecular formula is C13H29N3. The summed E-state index contributed by atoms with van der Waals surface area (Å²) in [7, 11) is 4.29. The first-order valence-corrected chi connectivity index (χ1v) is 6.38. The van der Waals surface area contributed by atoms with Gasteiger partial charge < -0.3 is 10.2 Å². The van der Waals surface area contributed by atoms with Crippen molar-refractivity contribution in [2.45, 2.75) is 45.2 Å². The average molecular weight is 227 g/mol. The van der Waals surface area contributed by atoms with Crippen LogP contribution in [0.2, 0.25) is 0 Å². The third-order valence-electron chi connectivity index (χ3n) is 3.48. The maximum absolute atomic E-state index is 3.63. The summed E-state index contributed by atoms with van der Waals surface area (Å²) in [6, 6.07) is 0. The van der Waals surface area contributed by atoms with Gasteiger partial charge in [0.05, 0.1) is 0 Å². The largest absolute Gasteiger partial charge is 0.309 e. The van der Waals surface area contributed by atoms with E-state index < -0.39 is 0 Å². The number of rotatable bonds is 4. The molecule has 1 rings (SSSR count). The van der Waals surface area contributed by atoms with Gasteiger partial charge in [0.1, 0.15) is 0 Å². The summed E-state index contributed by atoms with van der Waals surface area (Å²) in [6.07, 6.45) is 1.26. The number of nitrogens with one attached hydrogen (secondary N) is 1. The van der Waals surface area contributed by atoms with Gasteiger partial charge in [0.2, 0.25) is 0 Å². The molecule has 3 nitrogen and oxygen atoms in total. The predicted molar refractivity (Wildman–Crippen MR) is 70.9 cm³/mol. The molecule has 1 aliphatic rings. The molecule has 1 fully saturated rings. The van der Waals surface area contributed by atoms with Crippen LogP contribution in [0.25, 0.3) is 0 Å². The second kappa shape index (κ2) is 5.03. The van der Waals surface area contributed by atoms with Crippen molar-refractivity contribution >= 4 is 0 Å². The molecule has 0 atom stereocenters. The van der Waals surface area contributed by atoms with E-state index in [1.54, 1.807) is 0 Å². The fourth-order valence-corrected chi connectivity index (χ4v) is 2.27. The zero-order chi connectivity index (χ0) is 12.4. The van der Waals surface area contributed by atoms with Crippen molar-refractivity contribution in [3.05, 3.63) is 0 Å². The Morgan fingerprint density at radius 2 is 1.81 bits per heavy atom. The summed E-state index contributed by atoms with van der Waals surface area (Å²) in [5.74, 6) is 0. The molecule has 0 spiro atoms. The monoisotopic (exact) mass is 227 g/mol. The van der Waals surface area contributed by atoms with Crippen LogP contribution in [0.4, 0.5) is 0 Å². The third kappa shape index (κ3) is 4.04. The van der Waals surface area contributed by atoms with Crippen LogP contribution in [0, 0.1) is 0 Å². The van der Waals surface area contributed by atoms with E-state index in [1.165, 1.54) is 19.5 Å². The van der Waals surface area contributed by atoms with Crippen LogP contribution in [-0.2, 0) is 0 Å². The van der Waals surface area contributed by atoms with E-state index in [-0.39, 0.29) is 5.54 Å². The van der Waals surface area contributed by atoms with Gasteiger partial charge in [0.15, 0.2) is 0 Å². The first-order chi connectivity index (χ1) is 7.23. The summed E-state index contributed by atoms with van der Waals surface area (Å²) < 4.78 is 0. The lowest BCUT2D eigenvalue weighted by Gasteiger charge is -2.49. The minimum Gasteiger partial charge on any atom is -0.309 e. The molecule has 0 aromatic rings. The highest BCUT2D eigenvalue weighted by Crippen LogP contribution is 2.23. The quantitative estimate of drug-likeness (QED) is 0.783. The van der Waals surface area contributed by atoms with Crippen LogP contribution >= 0.6 is 0 Å². The number of piperazine rings is 1. The predicted octanol–water partition coefficient (Wildman–Crippen LogP) is 1.40. The highest BCUT2D eigenvalue weighted by atomic mass is 15.3. The van der Waals surface area contributed by atoms with Crippen LogP contribution in [0.1, 0.15) is 34.1 Å². The lowest BCUT2D eigenvalue weighted by Crippen LogP contribution is -2.66. The molecule has 0 aliphatic carbocycles. The van der Waals surface area contributed by atoms with Gasteiger partial charge in [0.25, 0.3) is 0 Å². The Kier molecular flexibility index (Phi) is 4.38. The smallest absolute Gasteiger partial charge is 0.0278 e. The molecule has 1 aliphatic heterocycles. The van der Waals surface area contributed by atoms with E-state index in [0.29, 0.717) is 5.54 Å². The van der Waals surface area contributed by atoms with Gasteiger partial charge in [-0.1, -0.05) is 0 Å². The Morgan fingerprint density at radius 3 is 2.38 bits per heavy atom. The lowest BCUT2D eigenvalue weighted by molar-refractivity contribution is 0.0370. The van der Waals surface area contributed by atoms with E-state index in [9.17, 15) is 0 Å². The van der Waals surface area contributed by atoms with Crippen molar-refractivity contribution in [3.63, 3.8) is 0 Å². The maximum Gasteiger partial charge on any atom is 0.0278 e. The zero-order valence-corrected chi connectivity index (χ0v) is 11.9. The molecule has 0 amide bonds. The third-order valence-corrected chi connectivity index (χ3v) is 3.48. The van der Waals surface area contributed by atoms with Crippen molar-refractivity contribution in [3.8, 4) is 0 Å². The second-order valence-electron chi connectivity index (χ2n) is 6.63. The van der Waals surface area contributed by atoms with Gasteiger partial charge in [-0.2, -0.15) is 0 Å². The Bertz CT molecular complexity index is 221. The van der Waals surface area contributed by atoms with Gasteiger partial charge >= 0.3 is 0 Å². The maximum atomic E-state index is 3.63. The molecule has 1 N–H and O–H groups in total. The van der Waals surface area contributed by atoms with Crippen molar-refractivity contribution < 1.29 is 0 Å². The van der Waals surface area contributed by atoms with Gasteiger partial charge in [0, 0.05) is 30.7 Å². The molecule has 1 saturated heterocycles. The van der Waals surface area contributed by atoms with Crippen LogP contribution in [0.5, 0.6) is 0 Å². The van der Waals surface area contributed by atoms with Crippen LogP contribution in [0.3, 0.4) is 0 Å². The Labute approximate surface area is 101 Å². The summed E-state index contributed by atoms with van der Waals surface area (Å²) in [5.41, 5.74) is 0.551. The summed E-state index contributed by atoms with van der Waals surface area (Å²) in [6.45, 7) is 13.9. The minimum atomic E-state index is 0.258. The molecule has 0 aromatic heterocycles.